The van der Waals surface area contributed by atoms with E-state index in [4.69, 9.17) is 0 Å². The van der Waals surface area contributed by atoms with Crippen LogP contribution in [0.4, 0.5) is 10.8 Å². The minimum absolute atomic E-state index is 0.935. The SMILES string of the molecule is Cc1csc(Nc2ccc(Br)cc2)n1. The predicted octanol–water partition coefficient (Wildman–Crippen LogP) is 3.96. The number of hydrogen-bond donors (Lipinski definition) is 1. The van der Waals surface area contributed by atoms with Crippen molar-refractivity contribution in [2.75, 3.05) is 5.32 Å². The molecule has 0 amide bonds. The Bertz CT molecular complexity index is 422. The lowest BCUT2D eigenvalue weighted by atomic mass is 10.3. The highest BCUT2D eigenvalue weighted by Crippen LogP contribution is 2.21. The van der Waals surface area contributed by atoms with E-state index in [0.717, 1.165) is 21.0 Å². The van der Waals surface area contributed by atoms with E-state index >= 15 is 0 Å². The molecule has 0 atom stereocenters. The molecule has 2 aromatic rings. The van der Waals surface area contributed by atoms with Crippen LogP contribution in [0.25, 0.3) is 0 Å². The number of nitrogens with one attached hydrogen (secondary N) is 1. The van der Waals surface area contributed by atoms with E-state index < -0.39 is 0 Å². The van der Waals surface area contributed by atoms with E-state index in [9.17, 15) is 0 Å². The number of aryl methyl sites for hydroxylation is 1. The van der Waals surface area contributed by atoms with E-state index in [1.807, 2.05) is 36.6 Å². The lowest BCUT2D eigenvalue weighted by Crippen LogP contribution is -1.88. The summed E-state index contributed by atoms with van der Waals surface area (Å²) in [4.78, 5) is 4.32. The molecular formula is C10H9BrN2S. The zero-order valence-electron chi connectivity index (χ0n) is 7.62. The Morgan fingerprint density at radius 2 is 2.00 bits per heavy atom. The van der Waals surface area contributed by atoms with E-state index in [0.29, 0.717) is 0 Å². The van der Waals surface area contributed by atoms with Crippen molar-refractivity contribution in [2.24, 2.45) is 0 Å². The third-order valence-corrected chi connectivity index (χ3v) is 3.12. The summed E-state index contributed by atoms with van der Waals surface area (Å²) in [5.74, 6) is 0. The molecule has 0 saturated heterocycles. The van der Waals surface area contributed by atoms with Crippen molar-refractivity contribution in [3.05, 3.63) is 39.8 Å². The molecular weight excluding hydrogens is 260 g/mol. The first-order valence-corrected chi connectivity index (χ1v) is 5.86. The minimum atomic E-state index is 0.935. The molecule has 2 nitrogen and oxygen atoms in total. The van der Waals surface area contributed by atoms with E-state index in [1.165, 1.54) is 0 Å². The van der Waals surface area contributed by atoms with Gasteiger partial charge in [0.15, 0.2) is 5.13 Å². The van der Waals surface area contributed by atoms with Gasteiger partial charge < -0.3 is 5.32 Å². The van der Waals surface area contributed by atoms with Crippen LogP contribution in [0.2, 0.25) is 0 Å². The molecule has 72 valence electrons. The molecule has 1 aromatic heterocycles. The highest BCUT2D eigenvalue weighted by atomic mass is 79.9. The first kappa shape index (κ1) is 9.68. The third kappa shape index (κ3) is 2.33. The molecule has 0 fully saturated rings. The lowest BCUT2D eigenvalue weighted by molar-refractivity contribution is 1.26. The maximum atomic E-state index is 4.32. The smallest absolute Gasteiger partial charge is 0.187 e. The molecule has 0 radical (unpaired) electrons. The zero-order valence-corrected chi connectivity index (χ0v) is 10.0. The summed E-state index contributed by atoms with van der Waals surface area (Å²) < 4.78 is 1.08. The van der Waals surface area contributed by atoms with Crippen molar-refractivity contribution in [1.29, 1.82) is 0 Å². The van der Waals surface area contributed by atoms with Crippen molar-refractivity contribution in [2.45, 2.75) is 6.92 Å². The van der Waals surface area contributed by atoms with Gasteiger partial charge >= 0.3 is 0 Å². The molecule has 0 saturated carbocycles. The molecule has 14 heavy (non-hydrogen) atoms. The number of halogens is 1. The van der Waals surface area contributed by atoms with Crippen LogP contribution in [-0.2, 0) is 0 Å². The molecule has 1 aromatic carbocycles. The van der Waals surface area contributed by atoms with Gasteiger partial charge in [0.2, 0.25) is 0 Å². The number of hydrogen-bond acceptors (Lipinski definition) is 3. The van der Waals surface area contributed by atoms with E-state index in [1.54, 1.807) is 11.3 Å². The summed E-state index contributed by atoms with van der Waals surface area (Å²) in [6.07, 6.45) is 0. The number of thiazole rings is 1. The van der Waals surface area contributed by atoms with Crippen molar-refractivity contribution in [1.82, 2.24) is 4.98 Å². The lowest BCUT2D eigenvalue weighted by Gasteiger charge is -2.01. The van der Waals surface area contributed by atoms with Crippen molar-refractivity contribution < 1.29 is 0 Å². The third-order valence-electron chi connectivity index (χ3n) is 1.71. The maximum Gasteiger partial charge on any atom is 0.187 e. The summed E-state index contributed by atoms with van der Waals surface area (Å²) in [7, 11) is 0. The van der Waals surface area contributed by atoms with E-state index in [2.05, 4.69) is 26.2 Å². The quantitative estimate of drug-likeness (QED) is 0.892. The molecule has 0 unspecified atom stereocenters. The fourth-order valence-electron chi connectivity index (χ4n) is 1.07. The van der Waals surface area contributed by atoms with Crippen LogP contribution in [0.1, 0.15) is 5.69 Å². The Morgan fingerprint density at radius 1 is 1.29 bits per heavy atom. The van der Waals surface area contributed by atoms with Crippen LogP contribution in [0.5, 0.6) is 0 Å². The summed E-state index contributed by atoms with van der Waals surface area (Å²) in [6.45, 7) is 1.99. The molecule has 0 bridgehead atoms. The predicted molar refractivity (Wildman–Crippen MR) is 64.3 cm³/mol. The van der Waals surface area contributed by atoms with Crippen molar-refractivity contribution in [3.8, 4) is 0 Å². The van der Waals surface area contributed by atoms with Gasteiger partial charge in [0, 0.05) is 15.5 Å². The van der Waals surface area contributed by atoms with Crippen LogP contribution in [0, 0.1) is 6.92 Å². The van der Waals surface area contributed by atoms with Crippen LogP contribution < -0.4 is 5.32 Å². The van der Waals surface area contributed by atoms with Gasteiger partial charge in [-0.2, -0.15) is 0 Å². The Labute approximate surface area is 95.1 Å². The van der Waals surface area contributed by atoms with Crippen LogP contribution >= 0.6 is 27.3 Å². The average molecular weight is 269 g/mol. The second kappa shape index (κ2) is 4.11. The zero-order chi connectivity index (χ0) is 9.97. The van der Waals surface area contributed by atoms with Crippen LogP contribution in [0.3, 0.4) is 0 Å². The van der Waals surface area contributed by atoms with Gasteiger partial charge in [-0.05, 0) is 31.2 Å². The summed E-state index contributed by atoms with van der Waals surface area (Å²) in [5.41, 5.74) is 2.11. The molecule has 1 N–H and O–H groups in total. The number of benzene rings is 1. The van der Waals surface area contributed by atoms with Gasteiger partial charge in [-0.15, -0.1) is 11.3 Å². The summed E-state index contributed by atoms with van der Waals surface area (Å²) in [6, 6.07) is 8.03. The highest BCUT2D eigenvalue weighted by molar-refractivity contribution is 9.10. The fourth-order valence-corrected chi connectivity index (χ4v) is 2.04. The van der Waals surface area contributed by atoms with Gasteiger partial charge in [-0.25, -0.2) is 4.98 Å². The second-order valence-electron chi connectivity index (χ2n) is 2.93. The maximum absolute atomic E-state index is 4.32. The Balaban J connectivity index is 2.15. The summed E-state index contributed by atoms with van der Waals surface area (Å²) >= 11 is 5.01. The normalized spacial score (nSPS) is 10.1. The highest BCUT2D eigenvalue weighted by Gasteiger charge is 1.98. The standard InChI is InChI=1S/C10H9BrN2S/c1-7-6-14-10(12-7)13-9-4-2-8(11)3-5-9/h2-6H,1H3,(H,12,13). The van der Waals surface area contributed by atoms with Crippen LogP contribution in [0.15, 0.2) is 34.1 Å². The molecule has 0 aliphatic carbocycles. The number of aromatic nitrogens is 1. The number of nitrogens with zero attached hydrogens (tertiary/aromatic N) is 1. The first-order chi connectivity index (χ1) is 6.74. The summed E-state index contributed by atoms with van der Waals surface area (Å²) in [5, 5.41) is 6.20. The van der Waals surface area contributed by atoms with Gasteiger partial charge in [-0.1, -0.05) is 15.9 Å². The number of rotatable bonds is 2. The van der Waals surface area contributed by atoms with Gasteiger partial charge in [-0.3, -0.25) is 0 Å². The van der Waals surface area contributed by atoms with Crippen LogP contribution in [-0.4, -0.2) is 4.98 Å². The molecule has 0 aliphatic heterocycles. The minimum Gasteiger partial charge on any atom is -0.332 e. The van der Waals surface area contributed by atoms with Crippen molar-refractivity contribution >= 4 is 38.1 Å². The number of anilines is 2. The van der Waals surface area contributed by atoms with Gasteiger partial charge in [0.1, 0.15) is 0 Å². The Kier molecular flexibility index (Phi) is 2.84. The largest absolute Gasteiger partial charge is 0.332 e. The Morgan fingerprint density at radius 3 is 2.57 bits per heavy atom. The van der Waals surface area contributed by atoms with E-state index in [-0.39, 0.29) is 0 Å². The topological polar surface area (TPSA) is 24.9 Å². The molecule has 2 rings (SSSR count). The average Bonchev–Trinajstić information content (AvgIpc) is 2.56. The van der Waals surface area contributed by atoms with Crippen molar-refractivity contribution in [3.63, 3.8) is 0 Å². The Hall–Kier alpha value is -0.870. The molecule has 4 heteroatoms. The molecule has 1 heterocycles. The molecule has 0 aliphatic rings. The molecule has 0 spiro atoms. The first-order valence-electron chi connectivity index (χ1n) is 4.19. The monoisotopic (exact) mass is 268 g/mol. The van der Waals surface area contributed by atoms with Gasteiger partial charge in [0.25, 0.3) is 0 Å². The fraction of sp³-hybridized carbons (Fsp3) is 0.100. The second-order valence-corrected chi connectivity index (χ2v) is 4.70. The van der Waals surface area contributed by atoms with Gasteiger partial charge in [0.05, 0.1) is 5.69 Å².